The highest BCUT2D eigenvalue weighted by Crippen LogP contribution is 2.29. The highest BCUT2D eigenvalue weighted by molar-refractivity contribution is 6.32. The number of pyridine rings is 2. The number of rotatable bonds is 4. The van der Waals surface area contributed by atoms with Crippen molar-refractivity contribution in [1.82, 2.24) is 15.3 Å². The van der Waals surface area contributed by atoms with Gasteiger partial charge in [-0.3, -0.25) is 0 Å². The van der Waals surface area contributed by atoms with Gasteiger partial charge in [0, 0.05) is 23.4 Å². The van der Waals surface area contributed by atoms with Crippen LogP contribution in [0, 0.1) is 5.95 Å². The smallest absolute Gasteiger partial charge is 0.212 e. The average Bonchev–Trinajstić information content (AvgIpc) is 3.01. The maximum Gasteiger partial charge on any atom is 0.212 e. The monoisotopic (exact) mass is 307 g/mol. The van der Waals surface area contributed by atoms with Gasteiger partial charge in [-0.15, -0.1) is 0 Å². The second-order valence-corrected chi connectivity index (χ2v) is 5.34. The van der Waals surface area contributed by atoms with Crippen LogP contribution in [0.4, 0.5) is 4.39 Å². The number of nitrogens with zero attached hydrogens (tertiary/aromatic N) is 2. The molecule has 1 aliphatic heterocycles. The Morgan fingerprint density at radius 1 is 1.33 bits per heavy atom. The molecule has 0 amide bonds. The van der Waals surface area contributed by atoms with Crippen molar-refractivity contribution in [2.45, 2.75) is 18.9 Å². The summed E-state index contributed by atoms with van der Waals surface area (Å²) in [6, 6.07) is 5.10. The van der Waals surface area contributed by atoms with Crippen molar-refractivity contribution in [3.63, 3.8) is 0 Å². The van der Waals surface area contributed by atoms with Gasteiger partial charge >= 0.3 is 0 Å². The van der Waals surface area contributed by atoms with E-state index in [-0.39, 0.29) is 0 Å². The first-order valence-electron chi connectivity index (χ1n) is 6.86. The zero-order valence-corrected chi connectivity index (χ0v) is 12.1. The third kappa shape index (κ3) is 3.49. The number of ether oxygens (including phenoxy) is 1. The fourth-order valence-corrected chi connectivity index (χ4v) is 2.55. The molecular formula is C15H15ClFN3O. The molecule has 6 heteroatoms. The minimum Gasteiger partial charge on any atom is -0.490 e. The van der Waals surface area contributed by atoms with Gasteiger partial charge in [-0.25, -0.2) is 9.97 Å². The largest absolute Gasteiger partial charge is 0.490 e. The van der Waals surface area contributed by atoms with E-state index in [2.05, 4.69) is 15.3 Å². The third-order valence-corrected chi connectivity index (χ3v) is 3.77. The van der Waals surface area contributed by atoms with Gasteiger partial charge in [0.2, 0.25) is 5.95 Å². The van der Waals surface area contributed by atoms with Crippen molar-refractivity contribution >= 4 is 11.6 Å². The van der Waals surface area contributed by atoms with Crippen LogP contribution in [0.5, 0.6) is 5.75 Å². The fourth-order valence-electron chi connectivity index (χ4n) is 2.34. The zero-order chi connectivity index (χ0) is 14.7. The summed E-state index contributed by atoms with van der Waals surface area (Å²) in [5.41, 5.74) is 1.39. The van der Waals surface area contributed by atoms with Gasteiger partial charge < -0.3 is 10.1 Å². The van der Waals surface area contributed by atoms with Crippen molar-refractivity contribution in [1.29, 1.82) is 0 Å². The summed E-state index contributed by atoms with van der Waals surface area (Å²) in [6.07, 6.45) is 5.33. The molecular weight excluding hydrogens is 293 g/mol. The van der Waals surface area contributed by atoms with E-state index >= 15 is 0 Å². The SMILES string of the molecule is Fc1ccc(-c2cc(OC[C@@H]3CCCN3)cnc2Cl)cn1. The Morgan fingerprint density at radius 3 is 2.95 bits per heavy atom. The molecule has 1 N–H and O–H groups in total. The van der Waals surface area contributed by atoms with E-state index in [0.717, 1.165) is 13.0 Å². The van der Waals surface area contributed by atoms with Crippen molar-refractivity contribution in [2.75, 3.05) is 13.2 Å². The Bertz CT molecular complexity index is 615. The summed E-state index contributed by atoms with van der Waals surface area (Å²) in [5, 5.41) is 3.71. The number of aromatic nitrogens is 2. The van der Waals surface area contributed by atoms with Crippen LogP contribution in [0.15, 0.2) is 30.6 Å². The first kappa shape index (κ1) is 14.2. The van der Waals surface area contributed by atoms with E-state index in [9.17, 15) is 4.39 Å². The maximum absolute atomic E-state index is 12.9. The molecule has 1 aliphatic rings. The lowest BCUT2D eigenvalue weighted by Crippen LogP contribution is -2.28. The number of nitrogens with one attached hydrogen (secondary N) is 1. The van der Waals surface area contributed by atoms with Crippen LogP contribution < -0.4 is 10.1 Å². The summed E-state index contributed by atoms with van der Waals surface area (Å²) < 4.78 is 18.6. The van der Waals surface area contributed by atoms with E-state index in [1.165, 1.54) is 18.7 Å². The first-order valence-corrected chi connectivity index (χ1v) is 7.24. The van der Waals surface area contributed by atoms with Crippen LogP contribution in [-0.2, 0) is 0 Å². The molecule has 0 aromatic carbocycles. The van der Waals surface area contributed by atoms with E-state index in [0.29, 0.717) is 34.7 Å². The number of hydrogen-bond acceptors (Lipinski definition) is 4. The summed E-state index contributed by atoms with van der Waals surface area (Å²) in [7, 11) is 0. The van der Waals surface area contributed by atoms with Gasteiger partial charge in [-0.2, -0.15) is 4.39 Å². The predicted octanol–water partition coefficient (Wildman–Crippen LogP) is 3.07. The van der Waals surface area contributed by atoms with Crippen LogP contribution in [-0.4, -0.2) is 29.2 Å². The normalized spacial score (nSPS) is 17.9. The summed E-state index contributed by atoms with van der Waals surface area (Å²) in [6.45, 7) is 1.64. The standard InChI is InChI=1S/C15H15ClFN3O/c16-15-13(10-3-4-14(17)19-7-10)6-12(8-20-15)21-9-11-2-1-5-18-11/h3-4,6-8,11,18H,1-2,5,9H2/t11-/m0/s1. The Morgan fingerprint density at radius 2 is 2.24 bits per heavy atom. The molecule has 3 heterocycles. The Hall–Kier alpha value is -1.72. The molecule has 1 fully saturated rings. The molecule has 1 saturated heterocycles. The van der Waals surface area contributed by atoms with E-state index in [4.69, 9.17) is 16.3 Å². The number of halogens is 2. The Kier molecular flexibility index (Phi) is 4.31. The van der Waals surface area contributed by atoms with Gasteiger partial charge in [0.05, 0.1) is 6.20 Å². The van der Waals surface area contributed by atoms with Gasteiger partial charge in [-0.1, -0.05) is 11.6 Å². The minimum atomic E-state index is -0.525. The van der Waals surface area contributed by atoms with Crippen molar-refractivity contribution in [3.05, 3.63) is 41.7 Å². The maximum atomic E-state index is 12.9. The third-order valence-electron chi connectivity index (χ3n) is 3.47. The second-order valence-electron chi connectivity index (χ2n) is 4.98. The molecule has 3 rings (SSSR count). The second kappa shape index (κ2) is 6.37. The Labute approximate surface area is 127 Å². The predicted molar refractivity (Wildman–Crippen MR) is 79.0 cm³/mol. The molecule has 110 valence electrons. The number of hydrogen-bond donors (Lipinski definition) is 1. The minimum absolute atomic E-state index is 0.342. The van der Waals surface area contributed by atoms with Crippen LogP contribution in [0.25, 0.3) is 11.1 Å². The van der Waals surface area contributed by atoms with Crippen LogP contribution in [0.3, 0.4) is 0 Å². The average molecular weight is 308 g/mol. The lowest BCUT2D eigenvalue weighted by atomic mass is 10.1. The van der Waals surface area contributed by atoms with Gasteiger partial charge in [0.25, 0.3) is 0 Å². The molecule has 0 radical (unpaired) electrons. The zero-order valence-electron chi connectivity index (χ0n) is 11.4. The van der Waals surface area contributed by atoms with E-state index in [1.54, 1.807) is 18.3 Å². The van der Waals surface area contributed by atoms with Gasteiger partial charge in [0.15, 0.2) is 0 Å². The topological polar surface area (TPSA) is 47.0 Å². The molecule has 0 aliphatic carbocycles. The van der Waals surface area contributed by atoms with E-state index < -0.39 is 5.95 Å². The highest BCUT2D eigenvalue weighted by Gasteiger charge is 2.15. The molecule has 0 unspecified atom stereocenters. The molecule has 2 aromatic heterocycles. The Balaban J connectivity index is 1.77. The highest BCUT2D eigenvalue weighted by atomic mass is 35.5. The van der Waals surface area contributed by atoms with E-state index in [1.807, 2.05) is 0 Å². The molecule has 1 atom stereocenters. The van der Waals surface area contributed by atoms with Crippen LogP contribution in [0.1, 0.15) is 12.8 Å². The van der Waals surface area contributed by atoms with Gasteiger partial charge in [-0.05, 0) is 37.6 Å². The van der Waals surface area contributed by atoms with Crippen molar-refractivity contribution < 1.29 is 9.13 Å². The molecule has 2 aromatic rings. The lowest BCUT2D eigenvalue weighted by molar-refractivity contribution is 0.276. The lowest BCUT2D eigenvalue weighted by Gasteiger charge is -2.13. The fraction of sp³-hybridized carbons (Fsp3) is 0.333. The van der Waals surface area contributed by atoms with Gasteiger partial charge in [0.1, 0.15) is 17.5 Å². The first-order chi connectivity index (χ1) is 10.2. The molecule has 0 bridgehead atoms. The van der Waals surface area contributed by atoms with Crippen molar-refractivity contribution in [2.24, 2.45) is 0 Å². The summed E-state index contributed by atoms with van der Waals surface area (Å²) in [5.74, 6) is 0.120. The molecule has 0 saturated carbocycles. The summed E-state index contributed by atoms with van der Waals surface area (Å²) >= 11 is 6.10. The van der Waals surface area contributed by atoms with Crippen LogP contribution >= 0.6 is 11.6 Å². The molecule has 21 heavy (non-hydrogen) atoms. The molecule has 4 nitrogen and oxygen atoms in total. The van der Waals surface area contributed by atoms with Crippen molar-refractivity contribution in [3.8, 4) is 16.9 Å². The van der Waals surface area contributed by atoms with Crippen LogP contribution in [0.2, 0.25) is 5.15 Å². The summed E-state index contributed by atoms with van der Waals surface area (Å²) in [4.78, 5) is 7.75. The molecule has 0 spiro atoms. The quantitative estimate of drug-likeness (QED) is 0.882.